The quantitative estimate of drug-likeness (QED) is 0.946. The van der Waals surface area contributed by atoms with Gasteiger partial charge in [-0.05, 0) is 43.2 Å². The van der Waals surface area contributed by atoms with Crippen LogP contribution in [0, 0.1) is 13.8 Å². The van der Waals surface area contributed by atoms with E-state index in [1.165, 1.54) is 12.3 Å². The van der Waals surface area contributed by atoms with Crippen molar-refractivity contribution in [1.82, 2.24) is 4.98 Å². The van der Waals surface area contributed by atoms with Gasteiger partial charge in [0, 0.05) is 11.2 Å². The van der Waals surface area contributed by atoms with Gasteiger partial charge in [-0.1, -0.05) is 23.7 Å². The van der Waals surface area contributed by atoms with Crippen LogP contribution in [0.2, 0.25) is 5.02 Å². The number of aromatic nitrogens is 1. The number of aryl methyl sites for hydroxylation is 1. The number of pyridine rings is 1. The van der Waals surface area contributed by atoms with E-state index < -0.39 is 10.0 Å². The first-order chi connectivity index (χ1) is 8.90. The summed E-state index contributed by atoms with van der Waals surface area (Å²) in [5.74, 6) is 0. The molecule has 0 radical (unpaired) electrons. The molecule has 19 heavy (non-hydrogen) atoms. The molecule has 1 aromatic carbocycles. The van der Waals surface area contributed by atoms with Crippen molar-refractivity contribution in [3.8, 4) is 0 Å². The Morgan fingerprint density at radius 1 is 1.16 bits per heavy atom. The number of halogens is 1. The number of benzene rings is 1. The number of hydrogen-bond acceptors (Lipinski definition) is 3. The Labute approximate surface area is 117 Å². The van der Waals surface area contributed by atoms with E-state index >= 15 is 0 Å². The third kappa shape index (κ3) is 3.05. The Bertz CT molecular complexity index is 697. The molecule has 0 fully saturated rings. The fraction of sp³-hybridized carbons (Fsp3) is 0.154. The normalized spacial score (nSPS) is 11.3. The number of anilines is 1. The lowest BCUT2D eigenvalue weighted by atomic mass is 10.2. The standard InChI is InChI=1S/C13H13ClN2O2S/c1-9-6-7-13(15-8-9)19(17,18)16-12-5-3-4-11(14)10(12)2/h3-8,16H,1-2H3. The summed E-state index contributed by atoms with van der Waals surface area (Å²) in [5.41, 5.74) is 2.03. The van der Waals surface area contributed by atoms with Crippen LogP contribution in [0.1, 0.15) is 11.1 Å². The Kier molecular flexibility index (Phi) is 3.78. The van der Waals surface area contributed by atoms with Gasteiger partial charge >= 0.3 is 0 Å². The molecule has 0 amide bonds. The molecule has 6 heteroatoms. The fourth-order valence-corrected chi connectivity index (χ4v) is 2.76. The Morgan fingerprint density at radius 2 is 1.89 bits per heavy atom. The summed E-state index contributed by atoms with van der Waals surface area (Å²) in [4.78, 5) is 3.91. The first kappa shape index (κ1) is 13.8. The lowest BCUT2D eigenvalue weighted by Crippen LogP contribution is -2.15. The van der Waals surface area contributed by atoms with Crippen molar-refractivity contribution in [3.05, 3.63) is 52.7 Å². The highest BCUT2D eigenvalue weighted by Crippen LogP contribution is 2.25. The summed E-state index contributed by atoms with van der Waals surface area (Å²) in [5, 5.41) is 0.495. The first-order valence-electron chi connectivity index (χ1n) is 5.61. The van der Waals surface area contributed by atoms with Crippen LogP contribution in [-0.2, 0) is 10.0 Å². The van der Waals surface area contributed by atoms with E-state index in [1.807, 2.05) is 6.92 Å². The van der Waals surface area contributed by atoms with Gasteiger partial charge in [-0.3, -0.25) is 4.72 Å². The second kappa shape index (κ2) is 5.19. The molecule has 2 aromatic rings. The minimum atomic E-state index is -3.69. The maximum Gasteiger partial charge on any atom is 0.279 e. The molecule has 0 saturated carbocycles. The van der Waals surface area contributed by atoms with Crippen LogP contribution in [0.3, 0.4) is 0 Å². The second-order valence-electron chi connectivity index (χ2n) is 4.19. The van der Waals surface area contributed by atoms with Gasteiger partial charge < -0.3 is 0 Å². The van der Waals surface area contributed by atoms with Crippen molar-refractivity contribution in [2.24, 2.45) is 0 Å². The lowest BCUT2D eigenvalue weighted by Gasteiger charge is -2.10. The van der Waals surface area contributed by atoms with Gasteiger partial charge in [-0.2, -0.15) is 8.42 Å². The van der Waals surface area contributed by atoms with E-state index in [1.54, 1.807) is 31.2 Å². The van der Waals surface area contributed by atoms with Crippen LogP contribution in [0.4, 0.5) is 5.69 Å². The summed E-state index contributed by atoms with van der Waals surface area (Å²) in [7, 11) is -3.69. The molecule has 0 spiro atoms. The van der Waals surface area contributed by atoms with Crippen molar-refractivity contribution in [2.45, 2.75) is 18.9 Å². The van der Waals surface area contributed by atoms with Crippen LogP contribution in [0.25, 0.3) is 0 Å². The maximum absolute atomic E-state index is 12.2. The van der Waals surface area contributed by atoms with Crippen LogP contribution in [0.15, 0.2) is 41.6 Å². The maximum atomic E-state index is 12.2. The fourth-order valence-electron chi connectivity index (χ4n) is 1.53. The van der Waals surface area contributed by atoms with Gasteiger partial charge in [0.15, 0.2) is 5.03 Å². The molecule has 0 unspecified atom stereocenters. The topological polar surface area (TPSA) is 59.1 Å². The molecule has 0 aliphatic heterocycles. The summed E-state index contributed by atoms with van der Waals surface area (Å²) in [6.45, 7) is 3.60. The molecule has 0 aliphatic carbocycles. The zero-order valence-electron chi connectivity index (χ0n) is 10.5. The smallest absolute Gasteiger partial charge is 0.278 e. The molecular formula is C13H13ClN2O2S. The lowest BCUT2D eigenvalue weighted by molar-refractivity contribution is 0.597. The summed E-state index contributed by atoms with van der Waals surface area (Å²) >= 11 is 5.96. The van der Waals surface area contributed by atoms with Crippen molar-refractivity contribution in [3.63, 3.8) is 0 Å². The number of nitrogens with one attached hydrogen (secondary N) is 1. The van der Waals surface area contributed by atoms with Crippen molar-refractivity contribution in [1.29, 1.82) is 0 Å². The van der Waals surface area contributed by atoms with Crippen molar-refractivity contribution < 1.29 is 8.42 Å². The second-order valence-corrected chi connectivity index (χ2v) is 6.23. The Morgan fingerprint density at radius 3 is 2.53 bits per heavy atom. The largest absolute Gasteiger partial charge is 0.279 e. The van der Waals surface area contributed by atoms with Gasteiger partial charge in [-0.15, -0.1) is 0 Å². The Hall–Kier alpha value is -1.59. The minimum absolute atomic E-state index is 0.0162. The monoisotopic (exact) mass is 296 g/mol. The predicted octanol–water partition coefficient (Wildman–Crippen LogP) is 3.15. The molecule has 0 atom stereocenters. The zero-order valence-corrected chi connectivity index (χ0v) is 12.1. The summed E-state index contributed by atoms with van der Waals surface area (Å²) < 4.78 is 26.8. The van der Waals surface area contributed by atoms with Gasteiger partial charge in [-0.25, -0.2) is 4.98 Å². The average molecular weight is 297 g/mol. The third-order valence-corrected chi connectivity index (χ3v) is 4.36. The van der Waals surface area contributed by atoms with Crippen LogP contribution in [0.5, 0.6) is 0 Å². The molecule has 0 aliphatic rings. The molecular weight excluding hydrogens is 284 g/mol. The molecule has 2 rings (SSSR count). The Balaban J connectivity index is 2.36. The minimum Gasteiger partial charge on any atom is -0.278 e. The molecule has 1 aromatic heterocycles. The molecule has 1 N–H and O–H groups in total. The van der Waals surface area contributed by atoms with E-state index in [9.17, 15) is 8.42 Å². The van der Waals surface area contributed by atoms with Gasteiger partial charge in [0.1, 0.15) is 0 Å². The van der Waals surface area contributed by atoms with E-state index in [0.29, 0.717) is 16.3 Å². The van der Waals surface area contributed by atoms with Crippen molar-refractivity contribution >= 4 is 27.3 Å². The van der Waals surface area contributed by atoms with Crippen LogP contribution in [-0.4, -0.2) is 13.4 Å². The number of rotatable bonds is 3. The van der Waals surface area contributed by atoms with Gasteiger partial charge in [0.05, 0.1) is 5.69 Å². The van der Waals surface area contributed by atoms with E-state index in [2.05, 4.69) is 9.71 Å². The number of nitrogens with zero attached hydrogens (tertiary/aromatic N) is 1. The summed E-state index contributed by atoms with van der Waals surface area (Å²) in [6.07, 6.45) is 1.51. The highest BCUT2D eigenvalue weighted by Gasteiger charge is 2.17. The molecule has 1 heterocycles. The predicted molar refractivity (Wildman–Crippen MR) is 76.0 cm³/mol. The number of sulfonamides is 1. The van der Waals surface area contributed by atoms with E-state index in [-0.39, 0.29) is 5.03 Å². The third-order valence-electron chi connectivity index (χ3n) is 2.67. The number of hydrogen-bond donors (Lipinski definition) is 1. The SMILES string of the molecule is Cc1ccc(S(=O)(=O)Nc2cccc(Cl)c2C)nc1. The zero-order chi connectivity index (χ0) is 14.0. The highest BCUT2D eigenvalue weighted by atomic mass is 35.5. The molecule has 0 bridgehead atoms. The van der Waals surface area contributed by atoms with Crippen molar-refractivity contribution in [2.75, 3.05) is 4.72 Å². The molecule has 0 saturated heterocycles. The molecule has 100 valence electrons. The molecule has 4 nitrogen and oxygen atoms in total. The summed E-state index contributed by atoms with van der Waals surface area (Å²) in [6, 6.07) is 8.23. The van der Waals surface area contributed by atoms with Crippen LogP contribution < -0.4 is 4.72 Å². The van der Waals surface area contributed by atoms with Crippen LogP contribution >= 0.6 is 11.6 Å². The van der Waals surface area contributed by atoms with E-state index in [0.717, 1.165) is 5.56 Å². The average Bonchev–Trinajstić information content (AvgIpc) is 2.35. The van der Waals surface area contributed by atoms with E-state index in [4.69, 9.17) is 11.6 Å². The van der Waals surface area contributed by atoms with Gasteiger partial charge in [0.2, 0.25) is 0 Å². The van der Waals surface area contributed by atoms with Gasteiger partial charge in [0.25, 0.3) is 10.0 Å². The first-order valence-corrected chi connectivity index (χ1v) is 7.47. The highest BCUT2D eigenvalue weighted by molar-refractivity contribution is 7.92.